The molecule has 2 aliphatic heterocycles. The van der Waals surface area contributed by atoms with Gasteiger partial charge < -0.3 is 10.2 Å². The fourth-order valence-electron chi connectivity index (χ4n) is 3.29. The summed E-state index contributed by atoms with van der Waals surface area (Å²) in [6, 6.07) is 3.30. The number of carbonyl (C=O) groups excluding carboxylic acids is 1. The molecule has 1 N–H and O–H groups in total. The molecule has 0 aliphatic carbocycles. The van der Waals surface area contributed by atoms with Gasteiger partial charge in [-0.2, -0.15) is 0 Å². The Kier molecular flexibility index (Phi) is 3.59. The normalized spacial score (nSPS) is 24.7. The van der Waals surface area contributed by atoms with E-state index in [4.69, 9.17) is 0 Å². The first kappa shape index (κ1) is 13.9. The molecular formula is C14H16FN3O3. The number of halogens is 1. The van der Waals surface area contributed by atoms with Gasteiger partial charge in [0.25, 0.3) is 11.6 Å². The quantitative estimate of drug-likeness (QED) is 0.665. The number of nitrogens with zero attached hydrogens (tertiary/aromatic N) is 2. The van der Waals surface area contributed by atoms with Gasteiger partial charge in [0.2, 0.25) is 0 Å². The molecule has 1 aromatic carbocycles. The van der Waals surface area contributed by atoms with E-state index in [2.05, 4.69) is 5.32 Å². The first-order valence-corrected chi connectivity index (χ1v) is 7.05. The van der Waals surface area contributed by atoms with E-state index in [9.17, 15) is 19.3 Å². The number of amides is 1. The molecule has 2 aliphatic rings. The van der Waals surface area contributed by atoms with Crippen LogP contribution in [0.2, 0.25) is 0 Å². The molecular weight excluding hydrogens is 277 g/mol. The second-order valence-corrected chi connectivity index (χ2v) is 5.51. The number of hydrogen-bond acceptors (Lipinski definition) is 4. The number of nitro groups is 1. The predicted molar refractivity (Wildman–Crippen MR) is 73.5 cm³/mol. The lowest BCUT2D eigenvalue weighted by Crippen LogP contribution is -2.42. The molecule has 2 saturated heterocycles. The molecule has 7 heteroatoms. The van der Waals surface area contributed by atoms with Gasteiger partial charge in [0.1, 0.15) is 11.4 Å². The van der Waals surface area contributed by atoms with E-state index in [-0.39, 0.29) is 23.6 Å². The molecule has 1 aromatic rings. The minimum absolute atomic E-state index is 0.0276. The van der Waals surface area contributed by atoms with E-state index >= 15 is 0 Å². The topological polar surface area (TPSA) is 75.5 Å². The lowest BCUT2D eigenvalue weighted by atomic mass is 10.1. The van der Waals surface area contributed by atoms with E-state index < -0.39 is 16.4 Å². The molecule has 112 valence electrons. The van der Waals surface area contributed by atoms with E-state index in [0.29, 0.717) is 6.54 Å². The summed E-state index contributed by atoms with van der Waals surface area (Å²) in [5.74, 6) is -1.07. The summed E-state index contributed by atoms with van der Waals surface area (Å²) in [6.45, 7) is 1.55. The second kappa shape index (κ2) is 5.40. The van der Waals surface area contributed by atoms with Crippen LogP contribution in [0.15, 0.2) is 18.2 Å². The van der Waals surface area contributed by atoms with Crippen molar-refractivity contribution in [3.05, 3.63) is 39.7 Å². The molecule has 1 amide bonds. The largest absolute Gasteiger partial charge is 0.331 e. The smallest absolute Gasteiger partial charge is 0.285 e. The Morgan fingerprint density at radius 3 is 2.86 bits per heavy atom. The number of nitro benzene ring substituents is 1. The van der Waals surface area contributed by atoms with Crippen LogP contribution in [0, 0.1) is 15.9 Å². The fourth-order valence-corrected chi connectivity index (χ4v) is 3.29. The zero-order chi connectivity index (χ0) is 15.0. The number of benzene rings is 1. The summed E-state index contributed by atoms with van der Waals surface area (Å²) >= 11 is 0. The maximum Gasteiger partial charge on any atom is 0.285 e. The van der Waals surface area contributed by atoms with Crippen molar-refractivity contribution in [3.8, 4) is 0 Å². The summed E-state index contributed by atoms with van der Waals surface area (Å²) in [5.41, 5.74) is -0.489. The van der Waals surface area contributed by atoms with Gasteiger partial charge in [0, 0.05) is 18.6 Å². The molecule has 2 unspecified atom stereocenters. The molecule has 21 heavy (non-hydrogen) atoms. The zero-order valence-electron chi connectivity index (χ0n) is 11.4. The van der Waals surface area contributed by atoms with Crippen LogP contribution in [0.5, 0.6) is 0 Å². The third-order valence-corrected chi connectivity index (χ3v) is 4.28. The van der Waals surface area contributed by atoms with Crippen LogP contribution in [-0.2, 0) is 0 Å². The molecule has 6 nitrogen and oxygen atoms in total. The molecule has 2 bridgehead atoms. The van der Waals surface area contributed by atoms with Gasteiger partial charge in [-0.05, 0) is 37.9 Å². The average molecular weight is 293 g/mol. The van der Waals surface area contributed by atoms with Crippen molar-refractivity contribution >= 4 is 11.6 Å². The van der Waals surface area contributed by atoms with Gasteiger partial charge in [-0.3, -0.25) is 14.9 Å². The maximum atomic E-state index is 13.2. The van der Waals surface area contributed by atoms with E-state index in [1.54, 1.807) is 4.90 Å². The van der Waals surface area contributed by atoms with Crippen LogP contribution in [0.25, 0.3) is 0 Å². The standard InChI is InChI=1S/C14H16FN3O3/c15-9-1-4-12(13(7-9)18(20)21)14(19)17-10-2-3-11(17)8-16-6-5-10/h1,4,7,10-11,16H,2-3,5-6,8H2. The number of nitrogens with one attached hydrogen (secondary N) is 1. The second-order valence-electron chi connectivity index (χ2n) is 5.51. The third-order valence-electron chi connectivity index (χ3n) is 4.28. The Morgan fingerprint density at radius 1 is 1.33 bits per heavy atom. The summed E-state index contributed by atoms with van der Waals surface area (Å²) in [5, 5.41) is 14.3. The van der Waals surface area contributed by atoms with Crippen LogP contribution >= 0.6 is 0 Å². The number of fused-ring (bicyclic) bond motifs is 2. The highest BCUT2D eigenvalue weighted by Crippen LogP contribution is 2.31. The van der Waals surface area contributed by atoms with Crippen LogP contribution in [0.4, 0.5) is 10.1 Å². The van der Waals surface area contributed by atoms with Crippen molar-refractivity contribution in [2.45, 2.75) is 31.3 Å². The van der Waals surface area contributed by atoms with Crippen molar-refractivity contribution < 1.29 is 14.1 Å². The van der Waals surface area contributed by atoms with Crippen LogP contribution in [0.3, 0.4) is 0 Å². The SMILES string of the molecule is O=C(c1ccc(F)cc1[N+](=O)[O-])N1C2CCNCC1CC2. The zero-order valence-corrected chi connectivity index (χ0v) is 11.4. The minimum Gasteiger partial charge on any atom is -0.331 e. The first-order chi connectivity index (χ1) is 10.1. The number of rotatable bonds is 2. The summed E-state index contributed by atoms with van der Waals surface area (Å²) in [6.07, 6.45) is 2.67. The lowest BCUT2D eigenvalue weighted by molar-refractivity contribution is -0.385. The van der Waals surface area contributed by atoms with Crippen molar-refractivity contribution in [2.24, 2.45) is 0 Å². The van der Waals surface area contributed by atoms with Gasteiger partial charge >= 0.3 is 0 Å². The Labute approximate surface area is 121 Å². The highest BCUT2D eigenvalue weighted by molar-refractivity contribution is 5.98. The third kappa shape index (κ3) is 2.49. The van der Waals surface area contributed by atoms with Crippen molar-refractivity contribution in [3.63, 3.8) is 0 Å². The average Bonchev–Trinajstić information content (AvgIpc) is 2.71. The Morgan fingerprint density at radius 2 is 2.10 bits per heavy atom. The Hall–Kier alpha value is -2.02. The number of hydrogen-bond donors (Lipinski definition) is 1. The molecule has 0 aromatic heterocycles. The summed E-state index contributed by atoms with van der Waals surface area (Å²) < 4.78 is 13.2. The highest BCUT2D eigenvalue weighted by atomic mass is 19.1. The van der Waals surface area contributed by atoms with Crippen LogP contribution in [-0.4, -0.2) is 40.9 Å². The molecule has 2 atom stereocenters. The van der Waals surface area contributed by atoms with E-state index in [1.807, 2.05) is 0 Å². The molecule has 0 spiro atoms. The number of carbonyl (C=O) groups is 1. The maximum absolute atomic E-state index is 13.2. The summed E-state index contributed by atoms with van der Waals surface area (Å²) in [4.78, 5) is 24.8. The highest BCUT2D eigenvalue weighted by Gasteiger charge is 2.40. The van der Waals surface area contributed by atoms with Gasteiger partial charge in [0.15, 0.2) is 0 Å². The van der Waals surface area contributed by atoms with E-state index in [1.165, 1.54) is 6.07 Å². The Balaban J connectivity index is 1.97. The molecule has 3 rings (SSSR count). The van der Waals surface area contributed by atoms with Crippen LogP contribution < -0.4 is 5.32 Å². The van der Waals surface area contributed by atoms with Gasteiger partial charge in [-0.15, -0.1) is 0 Å². The molecule has 2 fully saturated rings. The van der Waals surface area contributed by atoms with Gasteiger partial charge in [0.05, 0.1) is 11.0 Å². The van der Waals surface area contributed by atoms with Gasteiger partial charge in [-0.1, -0.05) is 0 Å². The minimum atomic E-state index is -0.709. The molecule has 0 saturated carbocycles. The van der Waals surface area contributed by atoms with Crippen molar-refractivity contribution in [1.29, 1.82) is 0 Å². The summed E-state index contributed by atoms with van der Waals surface area (Å²) in [7, 11) is 0. The monoisotopic (exact) mass is 293 g/mol. The van der Waals surface area contributed by atoms with E-state index in [0.717, 1.165) is 37.9 Å². The van der Waals surface area contributed by atoms with Crippen molar-refractivity contribution in [1.82, 2.24) is 10.2 Å². The predicted octanol–water partition coefficient (Wildman–Crippen LogP) is 1.70. The van der Waals surface area contributed by atoms with Gasteiger partial charge in [-0.25, -0.2) is 4.39 Å². The van der Waals surface area contributed by atoms with Crippen LogP contribution in [0.1, 0.15) is 29.6 Å². The molecule has 0 radical (unpaired) electrons. The first-order valence-electron chi connectivity index (χ1n) is 7.05. The fraction of sp³-hybridized carbons (Fsp3) is 0.500. The van der Waals surface area contributed by atoms with Crippen molar-refractivity contribution in [2.75, 3.05) is 13.1 Å². The lowest BCUT2D eigenvalue weighted by Gasteiger charge is -2.27. The Bertz CT molecular complexity index is 579. The molecule has 2 heterocycles.